The van der Waals surface area contributed by atoms with E-state index >= 15 is 0 Å². The van der Waals surface area contributed by atoms with E-state index in [4.69, 9.17) is 15.0 Å². The van der Waals surface area contributed by atoms with Crippen molar-refractivity contribution in [3.05, 3.63) is 30.9 Å². The topological polar surface area (TPSA) is 236 Å². The molecule has 3 aromatic rings. The molecule has 184 valence electrons. The number of aliphatic hydroxyl groups is 2. The molecule has 1 amide bonds. The van der Waals surface area contributed by atoms with Gasteiger partial charge in [0, 0.05) is 12.6 Å². The summed E-state index contributed by atoms with van der Waals surface area (Å²) in [7, 11) is -3.11. The Balaban J connectivity index is 1.38. The minimum absolute atomic E-state index is 0.126. The number of H-pyrrole nitrogens is 1. The van der Waals surface area contributed by atoms with Gasteiger partial charge in [-0.05, 0) is 7.05 Å². The van der Waals surface area contributed by atoms with Gasteiger partial charge in [0.15, 0.2) is 17.7 Å². The van der Waals surface area contributed by atoms with E-state index in [9.17, 15) is 24.5 Å². The largest absolute Gasteiger partial charge is 0.432 e. The van der Waals surface area contributed by atoms with Gasteiger partial charge < -0.3 is 35.9 Å². The summed E-state index contributed by atoms with van der Waals surface area (Å²) in [5, 5.41) is 25.5. The van der Waals surface area contributed by atoms with Gasteiger partial charge in [0.05, 0.1) is 31.0 Å². The summed E-state index contributed by atoms with van der Waals surface area (Å²) < 4.78 is 24.4. The quantitative estimate of drug-likeness (QED) is 0.156. The molecule has 1 aliphatic heterocycles. The maximum Gasteiger partial charge on any atom is 0.432 e. The fourth-order valence-electron chi connectivity index (χ4n) is 3.51. The van der Waals surface area contributed by atoms with Crippen LogP contribution in [-0.4, -0.2) is 88.5 Å². The standard InChI is InChI=1S/C17H24N9O7P/c1-19-9(2-8-3-20-5-21-8)16(29)25-34(30,31)32-4-10-12(27)13(28)17(33-10)26-7-24-11-14(18)22-6-23-15(11)26/h3,5-7,9-10,12-13,17,19,27-28H,2,4H2,1H3,(H,20,21)(H2,18,22,23)(H2,25,29,30,31)/t9-,10+,12+,13+,17+/m0/s1. The zero-order chi connectivity index (χ0) is 24.5. The molecule has 16 nitrogen and oxygen atoms in total. The zero-order valence-corrected chi connectivity index (χ0v) is 18.7. The van der Waals surface area contributed by atoms with Crippen molar-refractivity contribution < 1.29 is 33.7 Å². The van der Waals surface area contributed by atoms with Crippen molar-refractivity contribution in [2.45, 2.75) is 37.0 Å². The monoisotopic (exact) mass is 497 g/mol. The van der Waals surface area contributed by atoms with Crippen LogP contribution in [0.15, 0.2) is 25.2 Å². The van der Waals surface area contributed by atoms with Gasteiger partial charge in [-0.2, -0.15) is 0 Å². The van der Waals surface area contributed by atoms with Crippen LogP contribution in [0.25, 0.3) is 11.2 Å². The molecule has 1 saturated heterocycles. The second-order valence-corrected chi connectivity index (χ2v) is 9.05. The number of amides is 1. The molecular formula is C17H24N9O7P. The molecule has 1 unspecified atom stereocenters. The minimum atomic E-state index is -4.63. The Bertz CT molecular complexity index is 1190. The second kappa shape index (κ2) is 9.71. The van der Waals surface area contributed by atoms with Crippen LogP contribution in [0.4, 0.5) is 5.82 Å². The predicted octanol–water partition coefficient (Wildman–Crippen LogP) is -2.19. The number of carbonyl (C=O) groups excluding carboxylic acids is 1. The number of aromatic nitrogens is 6. The number of rotatable bonds is 9. The molecule has 8 N–H and O–H groups in total. The zero-order valence-electron chi connectivity index (χ0n) is 17.8. The summed E-state index contributed by atoms with van der Waals surface area (Å²) in [6.45, 7) is -0.601. The van der Waals surface area contributed by atoms with Crippen LogP contribution in [0.1, 0.15) is 11.9 Å². The first-order chi connectivity index (χ1) is 16.2. The lowest BCUT2D eigenvalue weighted by molar-refractivity contribution is -0.121. The molecule has 0 aliphatic carbocycles. The number of anilines is 1. The van der Waals surface area contributed by atoms with Crippen LogP contribution in [0.5, 0.6) is 0 Å². The fraction of sp³-hybridized carbons (Fsp3) is 0.471. The summed E-state index contributed by atoms with van der Waals surface area (Å²) in [4.78, 5) is 41.2. The Hall–Kier alpha value is -2.98. The fourth-order valence-corrected chi connectivity index (χ4v) is 4.36. The van der Waals surface area contributed by atoms with E-state index in [0.29, 0.717) is 5.69 Å². The number of nitrogen functional groups attached to an aromatic ring is 1. The summed E-state index contributed by atoms with van der Waals surface area (Å²) in [6, 6.07) is -0.851. The van der Waals surface area contributed by atoms with E-state index in [1.165, 1.54) is 30.6 Å². The lowest BCUT2D eigenvalue weighted by Crippen LogP contribution is -2.43. The van der Waals surface area contributed by atoms with Gasteiger partial charge in [-0.25, -0.2) is 24.5 Å². The number of carbonyl (C=O) groups is 1. The number of ether oxygens (including phenoxy) is 1. The molecular weight excluding hydrogens is 473 g/mol. The number of likely N-dealkylation sites (N-methyl/N-ethyl adjacent to an activating group) is 1. The molecule has 0 bridgehead atoms. The third-order valence-corrected chi connectivity index (χ3v) is 6.30. The van der Waals surface area contributed by atoms with Crippen LogP contribution in [0.3, 0.4) is 0 Å². The smallest absolute Gasteiger partial charge is 0.387 e. The molecule has 17 heteroatoms. The van der Waals surface area contributed by atoms with Gasteiger partial charge in [-0.1, -0.05) is 0 Å². The van der Waals surface area contributed by atoms with Crippen LogP contribution in [-0.2, 0) is 25.0 Å². The lowest BCUT2D eigenvalue weighted by Gasteiger charge is -2.20. The van der Waals surface area contributed by atoms with Crippen LogP contribution >= 0.6 is 7.75 Å². The highest BCUT2D eigenvalue weighted by molar-refractivity contribution is 7.51. The Morgan fingerprint density at radius 2 is 2.15 bits per heavy atom. The van der Waals surface area contributed by atoms with Gasteiger partial charge in [-0.3, -0.25) is 19.0 Å². The minimum Gasteiger partial charge on any atom is -0.387 e. The van der Waals surface area contributed by atoms with Gasteiger partial charge >= 0.3 is 7.75 Å². The Morgan fingerprint density at radius 3 is 2.85 bits per heavy atom. The number of imidazole rings is 2. The molecule has 4 rings (SSSR count). The van der Waals surface area contributed by atoms with Crippen LogP contribution < -0.4 is 16.1 Å². The first-order valence-corrected chi connectivity index (χ1v) is 11.7. The number of nitrogens with zero attached hydrogens (tertiary/aromatic N) is 5. The van der Waals surface area contributed by atoms with E-state index < -0.39 is 50.8 Å². The maximum atomic E-state index is 12.4. The molecule has 34 heavy (non-hydrogen) atoms. The van der Waals surface area contributed by atoms with Crippen molar-refractivity contribution in [3.8, 4) is 0 Å². The van der Waals surface area contributed by atoms with E-state index in [2.05, 4.69) is 30.2 Å². The molecule has 0 saturated carbocycles. The van der Waals surface area contributed by atoms with Crippen molar-refractivity contribution in [2.75, 3.05) is 19.4 Å². The highest BCUT2D eigenvalue weighted by Gasteiger charge is 2.45. The number of aliphatic hydroxyl groups excluding tert-OH is 2. The van der Waals surface area contributed by atoms with Gasteiger partial charge in [0.25, 0.3) is 0 Å². The predicted molar refractivity (Wildman–Crippen MR) is 115 cm³/mol. The molecule has 6 atom stereocenters. The third-order valence-electron chi connectivity index (χ3n) is 5.30. The normalized spacial score (nSPS) is 25.3. The average Bonchev–Trinajstić information content (AvgIpc) is 3.52. The van der Waals surface area contributed by atoms with Crippen LogP contribution in [0.2, 0.25) is 0 Å². The molecule has 0 spiro atoms. The van der Waals surface area contributed by atoms with Crippen molar-refractivity contribution in [3.63, 3.8) is 0 Å². The summed E-state index contributed by atoms with van der Waals surface area (Å²) in [6.07, 6.45) is 0.505. The summed E-state index contributed by atoms with van der Waals surface area (Å²) >= 11 is 0. The second-order valence-electron chi connectivity index (χ2n) is 7.53. The van der Waals surface area contributed by atoms with Gasteiger partial charge in [0.1, 0.15) is 30.2 Å². The lowest BCUT2D eigenvalue weighted by atomic mass is 10.1. The third kappa shape index (κ3) is 4.92. The highest BCUT2D eigenvalue weighted by Crippen LogP contribution is 2.39. The van der Waals surface area contributed by atoms with Crippen LogP contribution in [0, 0.1) is 0 Å². The first-order valence-electron chi connectivity index (χ1n) is 10.1. The van der Waals surface area contributed by atoms with Crippen molar-refractivity contribution in [2.24, 2.45) is 0 Å². The highest BCUT2D eigenvalue weighted by atomic mass is 31.2. The first kappa shape index (κ1) is 24.2. The molecule has 0 aromatic carbocycles. The summed E-state index contributed by atoms with van der Waals surface area (Å²) in [5.74, 6) is -0.662. The molecule has 0 radical (unpaired) electrons. The van der Waals surface area contributed by atoms with E-state index in [1.807, 2.05) is 5.09 Å². The number of nitrogens with two attached hydrogens (primary N) is 1. The van der Waals surface area contributed by atoms with Crippen molar-refractivity contribution in [1.29, 1.82) is 0 Å². The van der Waals surface area contributed by atoms with E-state index in [0.717, 1.165) is 0 Å². The Morgan fingerprint density at radius 1 is 1.35 bits per heavy atom. The number of nitrogens with one attached hydrogen (secondary N) is 3. The number of fused-ring (bicyclic) bond motifs is 1. The number of aromatic amines is 1. The van der Waals surface area contributed by atoms with Gasteiger partial charge in [0.2, 0.25) is 5.91 Å². The van der Waals surface area contributed by atoms with Crippen molar-refractivity contribution in [1.82, 2.24) is 39.9 Å². The number of hydrogen-bond donors (Lipinski definition) is 7. The molecule has 3 aromatic heterocycles. The molecule has 1 fully saturated rings. The van der Waals surface area contributed by atoms with Gasteiger partial charge in [-0.15, -0.1) is 0 Å². The molecule has 4 heterocycles. The summed E-state index contributed by atoms with van der Waals surface area (Å²) in [5.41, 5.74) is 6.88. The Kier molecular flexibility index (Phi) is 6.90. The number of hydrogen-bond acceptors (Lipinski definition) is 12. The Labute approximate surface area is 192 Å². The van der Waals surface area contributed by atoms with E-state index in [1.54, 1.807) is 6.20 Å². The maximum absolute atomic E-state index is 12.4. The van der Waals surface area contributed by atoms with Crippen molar-refractivity contribution >= 4 is 30.6 Å². The molecule has 1 aliphatic rings. The average molecular weight is 497 g/mol. The SMILES string of the molecule is CN[C@@H](Cc1c[nH]cn1)C(=O)NP(=O)(O)OC[C@H]1O[C@@H](n2cnc3c(N)ncnc32)[C@H](O)[C@@H]1O. The van der Waals surface area contributed by atoms with E-state index in [-0.39, 0.29) is 23.4 Å².